The summed E-state index contributed by atoms with van der Waals surface area (Å²) in [7, 11) is 0. The van der Waals surface area contributed by atoms with Crippen molar-refractivity contribution in [2.75, 3.05) is 13.1 Å². The van der Waals surface area contributed by atoms with Crippen LogP contribution in [-0.4, -0.2) is 57.4 Å². The predicted molar refractivity (Wildman–Crippen MR) is 115 cm³/mol. The molecule has 1 saturated heterocycles. The zero-order valence-electron chi connectivity index (χ0n) is 17.1. The summed E-state index contributed by atoms with van der Waals surface area (Å²) in [5.74, 6) is -2.29. The van der Waals surface area contributed by atoms with Gasteiger partial charge in [-0.1, -0.05) is 67.6 Å². The number of carboxylic acids is 2. The zero-order chi connectivity index (χ0) is 21.9. The standard InChI is InChI=1S/C20H25NO.C4H4O4/c1-2-21-15-9-14-18(22)20(21)19(16-10-5-3-6-11-16)17-12-7-4-8-13-17;5-3(6)1-2-4(7)8/h3-8,10-13,18-20,22H,2,9,14-15H2,1H3;1-2H,(H,5,6)(H,7,8). The molecule has 1 aliphatic rings. The van der Waals surface area contributed by atoms with Crippen LogP contribution in [0.25, 0.3) is 0 Å². The molecule has 3 rings (SSSR count). The number of benzene rings is 2. The maximum absolute atomic E-state index is 10.7. The lowest BCUT2D eigenvalue weighted by atomic mass is 9.79. The highest BCUT2D eigenvalue weighted by Gasteiger charge is 2.37. The number of hydrogen-bond donors (Lipinski definition) is 3. The first-order valence-corrected chi connectivity index (χ1v) is 10.1. The first-order chi connectivity index (χ1) is 14.4. The number of carboxylic acid groups (broad SMARTS) is 2. The normalized spacial score (nSPS) is 19.3. The first-order valence-electron chi connectivity index (χ1n) is 10.1. The molecule has 0 aliphatic carbocycles. The molecule has 2 atom stereocenters. The van der Waals surface area contributed by atoms with Crippen LogP contribution < -0.4 is 0 Å². The number of likely N-dealkylation sites (tertiary alicyclic amines) is 1. The Hall–Kier alpha value is -2.96. The molecule has 1 heterocycles. The maximum Gasteiger partial charge on any atom is 0.328 e. The van der Waals surface area contributed by atoms with E-state index in [9.17, 15) is 14.7 Å². The number of carbonyl (C=O) groups is 2. The molecule has 0 spiro atoms. The van der Waals surface area contributed by atoms with Gasteiger partial charge >= 0.3 is 11.9 Å². The first kappa shape index (κ1) is 23.3. The summed E-state index contributed by atoms with van der Waals surface area (Å²) in [6.07, 6.45) is 2.84. The molecule has 160 valence electrons. The van der Waals surface area contributed by atoms with E-state index in [1.165, 1.54) is 11.1 Å². The van der Waals surface area contributed by atoms with Crippen LogP contribution in [0.15, 0.2) is 72.8 Å². The van der Waals surface area contributed by atoms with Gasteiger partial charge in [-0.3, -0.25) is 4.90 Å². The number of aliphatic carboxylic acids is 2. The fourth-order valence-electron chi connectivity index (χ4n) is 3.92. The van der Waals surface area contributed by atoms with Crippen molar-refractivity contribution in [1.29, 1.82) is 0 Å². The van der Waals surface area contributed by atoms with Crippen molar-refractivity contribution >= 4 is 11.9 Å². The Morgan fingerprint density at radius 3 is 1.83 bits per heavy atom. The van der Waals surface area contributed by atoms with Crippen LogP contribution in [0.1, 0.15) is 36.8 Å². The van der Waals surface area contributed by atoms with E-state index in [0.717, 1.165) is 25.9 Å². The molecule has 3 N–H and O–H groups in total. The number of piperidine rings is 1. The van der Waals surface area contributed by atoms with Crippen molar-refractivity contribution in [2.24, 2.45) is 0 Å². The summed E-state index contributed by atoms with van der Waals surface area (Å²) in [6, 6.07) is 21.4. The molecular weight excluding hydrogens is 382 g/mol. The van der Waals surface area contributed by atoms with Gasteiger partial charge in [0.2, 0.25) is 0 Å². The summed E-state index contributed by atoms with van der Waals surface area (Å²) < 4.78 is 0. The molecule has 0 radical (unpaired) electrons. The van der Waals surface area contributed by atoms with E-state index in [1.807, 2.05) is 0 Å². The maximum atomic E-state index is 10.7. The second-order valence-electron chi connectivity index (χ2n) is 7.14. The zero-order valence-corrected chi connectivity index (χ0v) is 17.1. The predicted octanol–water partition coefficient (Wildman–Crippen LogP) is 3.38. The van der Waals surface area contributed by atoms with E-state index < -0.39 is 11.9 Å². The molecule has 30 heavy (non-hydrogen) atoms. The molecule has 2 aromatic carbocycles. The second-order valence-corrected chi connectivity index (χ2v) is 7.14. The average molecular weight is 411 g/mol. The van der Waals surface area contributed by atoms with Gasteiger partial charge in [0.25, 0.3) is 0 Å². The quantitative estimate of drug-likeness (QED) is 0.631. The summed E-state index contributed by atoms with van der Waals surface area (Å²) >= 11 is 0. The van der Waals surface area contributed by atoms with Gasteiger partial charge in [-0.2, -0.15) is 0 Å². The molecular formula is C24H29NO5. The van der Waals surface area contributed by atoms with Crippen molar-refractivity contribution in [3.8, 4) is 0 Å². The minimum atomic E-state index is -1.26. The molecule has 0 saturated carbocycles. The van der Waals surface area contributed by atoms with Crippen LogP contribution in [0, 0.1) is 0 Å². The van der Waals surface area contributed by atoms with Gasteiger partial charge in [-0.25, -0.2) is 9.59 Å². The van der Waals surface area contributed by atoms with Crippen molar-refractivity contribution in [2.45, 2.75) is 37.8 Å². The highest BCUT2D eigenvalue weighted by Crippen LogP contribution is 2.35. The van der Waals surface area contributed by atoms with Crippen molar-refractivity contribution in [1.82, 2.24) is 4.90 Å². The number of rotatable bonds is 6. The van der Waals surface area contributed by atoms with E-state index in [2.05, 4.69) is 72.5 Å². The minimum Gasteiger partial charge on any atom is -0.478 e. The van der Waals surface area contributed by atoms with Gasteiger partial charge in [0.15, 0.2) is 0 Å². The summed E-state index contributed by atoms with van der Waals surface area (Å²) in [5.41, 5.74) is 2.58. The third-order valence-corrected chi connectivity index (χ3v) is 5.19. The molecule has 0 aromatic heterocycles. The lowest BCUT2D eigenvalue weighted by molar-refractivity contribution is -0.134. The largest absolute Gasteiger partial charge is 0.478 e. The summed E-state index contributed by atoms with van der Waals surface area (Å²) in [5, 5.41) is 26.3. The number of likely N-dealkylation sites (N-methyl/N-ethyl adjacent to an activating group) is 1. The second kappa shape index (κ2) is 11.9. The van der Waals surface area contributed by atoms with Crippen molar-refractivity contribution < 1.29 is 24.9 Å². The Bertz CT molecular complexity index is 767. The van der Waals surface area contributed by atoms with Crippen molar-refractivity contribution in [3.63, 3.8) is 0 Å². The van der Waals surface area contributed by atoms with E-state index in [1.54, 1.807) is 0 Å². The van der Waals surface area contributed by atoms with E-state index >= 15 is 0 Å². The van der Waals surface area contributed by atoms with E-state index in [0.29, 0.717) is 12.2 Å². The van der Waals surface area contributed by atoms with Crippen LogP contribution >= 0.6 is 0 Å². The van der Waals surface area contributed by atoms with Gasteiger partial charge < -0.3 is 15.3 Å². The molecule has 6 heteroatoms. The molecule has 0 amide bonds. The Kier molecular flexibility index (Phi) is 9.25. The number of nitrogens with zero attached hydrogens (tertiary/aromatic N) is 1. The van der Waals surface area contributed by atoms with Crippen LogP contribution in [0.3, 0.4) is 0 Å². The third-order valence-electron chi connectivity index (χ3n) is 5.19. The molecule has 0 bridgehead atoms. The summed E-state index contributed by atoms with van der Waals surface area (Å²) in [4.78, 5) is 21.6. The fourth-order valence-corrected chi connectivity index (χ4v) is 3.92. The molecule has 6 nitrogen and oxygen atoms in total. The molecule has 2 aromatic rings. The van der Waals surface area contributed by atoms with Crippen LogP contribution in [0.4, 0.5) is 0 Å². The molecule has 1 aliphatic heterocycles. The number of aliphatic hydroxyl groups excluding tert-OH is 1. The Balaban J connectivity index is 0.000000343. The molecule has 2 unspecified atom stereocenters. The van der Waals surface area contributed by atoms with Crippen molar-refractivity contribution in [3.05, 3.63) is 83.9 Å². The van der Waals surface area contributed by atoms with E-state index in [-0.39, 0.29) is 18.1 Å². The monoisotopic (exact) mass is 411 g/mol. The van der Waals surface area contributed by atoms with Crippen LogP contribution in [0.5, 0.6) is 0 Å². The van der Waals surface area contributed by atoms with Gasteiger partial charge in [0.1, 0.15) is 0 Å². The van der Waals surface area contributed by atoms with Crippen LogP contribution in [0.2, 0.25) is 0 Å². The average Bonchev–Trinajstić information content (AvgIpc) is 2.75. The third kappa shape index (κ3) is 6.83. The van der Waals surface area contributed by atoms with Crippen LogP contribution in [-0.2, 0) is 9.59 Å². The molecule has 1 fully saturated rings. The highest BCUT2D eigenvalue weighted by atomic mass is 16.4. The Labute approximate surface area is 177 Å². The Morgan fingerprint density at radius 2 is 1.43 bits per heavy atom. The van der Waals surface area contributed by atoms with Gasteiger partial charge in [0, 0.05) is 24.1 Å². The Morgan fingerprint density at radius 1 is 0.967 bits per heavy atom. The number of hydrogen-bond acceptors (Lipinski definition) is 4. The highest BCUT2D eigenvalue weighted by molar-refractivity contribution is 5.89. The van der Waals surface area contributed by atoms with Gasteiger partial charge in [-0.15, -0.1) is 0 Å². The van der Waals surface area contributed by atoms with Gasteiger partial charge in [-0.05, 0) is 37.1 Å². The lowest BCUT2D eigenvalue weighted by Gasteiger charge is -2.43. The fraction of sp³-hybridized carbons (Fsp3) is 0.333. The summed E-state index contributed by atoms with van der Waals surface area (Å²) in [6.45, 7) is 4.25. The van der Waals surface area contributed by atoms with Gasteiger partial charge in [0.05, 0.1) is 6.10 Å². The number of aliphatic hydroxyl groups is 1. The SMILES string of the molecule is CCN1CCCC(O)C1C(c1ccccc1)c1ccccc1.O=C(O)C=CC(=O)O. The smallest absolute Gasteiger partial charge is 0.328 e. The topological polar surface area (TPSA) is 98.1 Å². The lowest BCUT2D eigenvalue weighted by Crippen LogP contribution is -2.51. The van der Waals surface area contributed by atoms with E-state index in [4.69, 9.17) is 10.2 Å². The minimum absolute atomic E-state index is 0.156.